The van der Waals surface area contributed by atoms with Crippen LogP contribution in [0.1, 0.15) is 32.3 Å². The number of allylic oxidation sites excluding steroid dienone is 1. The SMILES string of the molecule is CCCO[C@@H]1C[C@H](C)[14C]([N+](=O)[O-])=C2N(Cc3ccc(Cl)nc3)CCN21. The van der Waals surface area contributed by atoms with Gasteiger partial charge in [-0.25, -0.2) is 4.98 Å². The Balaban J connectivity index is 1.89. The summed E-state index contributed by atoms with van der Waals surface area (Å²) in [6, 6.07) is 3.64. The van der Waals surface area contributed by atoms with E-state index in [1.807, 2.05) is 13.0 Å². The van der Waals surface area contributed by atoms with Gasteiger partial charge in [0.1, 0.15) is 11.4 Å². The molecule has 7 nitrogen and oxygen atoms in total. The van der Waals surface area contributed by atoms with Gasteiger partial charge in [0.05, 0.1) is 10.8 Å². The molecule has 0 N–H and O–H groups in total. The van der Waals surface area contributed by atoms with Crippen molar-refractivity contribution in [1.29, 1.82) is 0 Å². The Morgan fingerprint density at radius 1 is 1.48 bits per heavy atom. The maximum absolute atomic E-state index is 11.7. The van der Waals surface area contributed by atoms with E-state index in [2.05, 4.69) is 21.7 Å². The number of hydrogen-bond donors (Lipinski definition) is 0. The number of nitrogens with zero attached hydrogens (tertiary/aromatic N) is 4. The monoisotopic (exact) mass is 368 g/mol. The molecule has 0 radical (unpaired) electrons. The van der Waals surface area contributed by atoms with Gasteiger partial charge in [-0.1, -0.05) is 31.5 Å². The summed E-state index contributed by atoms with van der Waals surface area (Å²) in [4.78, 5) is 19.7. The van der Waals surface area contributed by atoms with E-state index in [0.717, 1.165) is 25.1 Å². The maximum atomic E-state index is 11.7. The molecule has 0 spiro atoms. The van der Waals surface area contributed by atoms with Crippen LogP contribution in [0.15, 0.2) is 29.8 Å². The number of rotatable bonds is 6. The molecular weight excluding hydrogens is 346 g/mol. The minimum Gasteiger partial charge on any atom is -0.358 e. The van der Waals surface area contributed by atoms with Gasteiger partial charge >= 0.3 is 0 Å². The molecule has 1 saturated heterocycles. The quantitative estimate of drug-likeness (QED) is 0.436. The molecular formula is C17H23ClN4O3. The lowest BCUT2D eigenvalue weighted by molar-refractivity contribution is -0.439. The second kappa shape index (κ2) is 7.58. The Morgan fingerprint density at radius 3 is 2.92 bits per heavy atom. The average Bonchev–Trinajstić information content (AvgIpc) is 2.98. The van der Waals surface area contributed by atoms with Gasteiger partial charge in [0.2, 0.25) is 0 Å². The van der Waals surface area contributed by atoms with E-state index in [0.29, 0.717) is 30.5 Å². The minimum absolute atomic E-state index is 0.0954. The highest BCUT2D eigenvalue weighted by Crippen LogP contribution is 2.37. The van der Waals surface area contributed by atoms with E-state index in [1.54, 1.807) is 12.3 Å². The van der Waals surface area contributed by atoms with Crippen LogP contribution in [0.2, 0.25) is 5.15 Å². The third kappa shape index (κ3) is 3.72. The van der Waals surface area contributed by atoms with Crippen LogP contribution in [0.25, 0.3) is 0 Å². The number of nitro groups is 1. The Bertz CT molecular complexity index is 664. The molecule has 136 valence electrons. The summed E-state index contributed by atoms with van der Waals surface area (Å²) < 4.78 is 5.97. The molecule has 0 aromatic carbocycles. The standard InChI is InChI=1S/C17H23ClN4O3/c1-3-8-25-15-9-12(2)16(22(23)24)17-20(6-7-21(15)17)11-13-4-5-14(18)19-10-13/h4-5,10,12,15H,3,6-9,11H2,1-2H3/t12-,15+/m0/s1/i16+2. The van der Waals surface area contributed by atoms with Crippen molar-refractivity contribution < 1.29 is 9.66 Å². The van der Waals surface area contributed by atoms with Crippen molar-refractivity contribution in [3.8, 4) is 0 Å². The molecule has 25 heavy (non-hydrogen) atoms. The third-order valence-corrected chi connectivity index (χ3v) is 4.88. The van der Waals surface area contributed by atoms with Crippen molar-refractivity contribution in [3.63, 3.8) is 0 Å². The van der Waals surface area contributed by atoms with Gasteiger partial charge in [0.25, 0.3) is 5.70 Å². The highest BCUT2D eigenvalue weighted by molar-refractivity contribution is 6.29. The van der Waals surface area contributed by atoms with Crippen molar-refractivity contribution in [2.45, 2.75) is 39.5 Å². The number of hydrogen-bond acceptors (Lipinski definition) is 6. The van der Waals surface area contributed by atoms with Crippen LogP contribution < -0.4 is 0 Å². The molecule has 1 aromatic rings. The first-order chi connectivity index (χ1) is 12.0. The van der Waals surface area contributed by atoms with Crippen LogP contribution in [0, 0.1) is 16.0 Å². The second-order valence-corrected chi connectivity index (χ2v) is 6.92. The number of halogens is 1. The molecule has 0 bridgehead atoms. The number of aromatic nitrogens is 1. The molecule has 3 heterocycles. The van der Waals surface area contributed by atoms with Crippen LogP contribution in [-0.4, -0.2) is 45.6 Å². The summed E-state index contributed by atoms with van der Waals surface area (Å²) in [5, 5.41) is 12.1. The van der Waals surface area contributed by atoms with Crippen molar-refractivity contribution in [3.05, 3.63) is 50.7 Å². The van der Waals surface area contributed by atoms with Gasteiger partial charge in [-0.3, -0.25) is 10.1 Å². The van der Waals surface area contributed by atoms with Crippen molar-refractivity contribution in [2.24, 2.45) is 5.92 Å². The van der Waals surface area contributed by atoms with Gasteiger partial charge < -0.3 is 14.5 Å². The zero-order valence-electron chi connectivity index (χ0n) is 14.5. The van der Waals surface area contributed by atoms with Crippen LogP contribution in [0.4, 0.5) is 0 Å². The molecule has 2 aliphatic rings. The van der Waals surface area contributed by atoms with Gasteiger partial charge in [-0.15, -0.1) is 0 Å². The number of pyridine rings is 1. The Labute approximate surface area is 152 Å². The lowest BCUT2D eigenvalue weighted by Gasteiger charge is -2.37. The largest absolute Gasteiger partial charge is 0.358 e. The van der Waals surface area contributed by atoms with E-state index in [1.165, 1.54) is 0 Å². The topological polar surface area (TPSA) is 71.7 Å². The van der Waals surface area contributed by atoms with E-state index in [9.17, 15) is 10.1 Å². The van der Waals surface area contributed by atoms with Gasteiger partial charge in [-0.2, -0.15) is 0 Å². The lowest BCUT2D eigenvalue weighted by Crippen LogP contribution is -2.43. The molecule has 0 aliphatic carbocycles. The third-order valence-electron chi connectivity index (χ3n) is 4.65. The summed E-state index contributed by atoms with van der Waals surface area (Å²) >= 11 is 5.84. The second-order valence-electron chi connectivity index (χ2n) is 6.53. The van der Waals surface area contributed by atoms with Crippen LogP contribution in [-0.2, 0) is 11.3 Å². The lowest BCUT2D eigenvalue weighted by atomic mass is 10.1. The fraction of sp³-hybridized carbons (Fsp3) is 0.588. The summed E-state index contributed by atoms with van der Waals surface area (Å²) in [6.45, 7) is 6.67. The van der Waals surface area contributed by atoms with Gasteiger partial charge in [0, 0.05) is 38.9 Å². The molecule has 0 saturated carbocycles. The van der Waals surface area contributed by atoms with E-state index in [-0.39, 0.29) is 22.8 Å². The number of fused-ring (bicyclic) bond motifs is 1. The molecule has 0 amide bonds. The molecule has 3 rings (SSSR count). The highest BCUT2D eigenvalue weighted by Gasteiger charge is 2.45. The molecule has 1 fully saturated rings. The normalized spacial score (nSPS) is 23.2. The minimum atomic E-state index is -0.235. The fourth-order valence-electron chi connectivity index (χ4n) is 3.52. The van der Waals surface area contributed by atoms with E-state index in [4.69, 9.17) is 16.3 Å². The molecule has 0 unspecified atom stereocenters. The molecule has 2 atom stereocenters. The summed E-state index contributed by atoms with van der Waals surface area (Å²) in [7, 11) is 0. The van der Waals surface area contributed by atoms with Crippen LogP contribution in [0.3, 0.4) is 0 Å². The Morgan fingerprint density at radius 2 is 2.28 bits per heavy atom. The molecule has 2 aliphatic heterocycles. The van der Waals surface area contributed by atoms with Crippen LogP contribution >= 0.6 is 11.6 Å². The van der Waals surface area contributed by atoms with Gasteiger partial charge in [0.15, 0.2) is 5.82 Å². The first kappa shape index (κ1) is 17.9. The van der Waals surface area contributed by atoms with Crippen LogP contribution in [0.5, 0.6) is 0 Å². The first-order valence-corrected chi connectivity index (χ1v) is 9.01. The van der Waals surface area contributed by atoms with E-state index >= 15 is 0 Å². The Hall–Kier alpha value is -1.86. The summed E-state index contributed by atoms with van der Waals surface area (Å²) in [5.41, 5.74) is 1.27. The molecule has 1 aromatic heterocycles. The average molecular weight is 369 g/mol. The Kier molecular flexibility index (Phi) is 5.44. The highest BCUT2D eigenvalue weighted by atomic mass is 35.5. The van der Waals surface area contributed by atoms with Gasteiger partial charge in [-0.05, 0) is 18.1 Å². The predicted octanol–water partition coefficient (Wildman–Crippen LogP) is 3.09. The zero-order valence-corrected chi connectivity index (χ0v) is 15.3. The van der Waals surface area contributed by atoms with E-state index < -0.39 is 0 Å². The van der Waals surface area contributed by atoms with Crippen molar-refractivity contribution >= 4 is 11.6 Å². The fourth-order valence-corrected chi connectivity index (χ4v) is 3.63. The summed E-state index contributed by atoms with van der Waals surface area (Å²) in [5.74, 6) is 0.548. The number of ether oxygens (including phenoxy) is 1. The predicted molar refractivity (Wildman–Crippen MR) is 94.2 cm³/mol. The van der Waals surface area contributed by atoms with Crippen molar-refractivity contribution in [1.82, 2.24) is 14.8 Å². The maximum Gasteiger partial charge on any atom is 0.289 e. The summed E-state index contributed by atoms with van der Waals surface area (Å²) in [6.07, 6.45) is 3.20. The first-order valence-electron chi connectivity index (χ1n) is 8.63. The zero-order chi connectivity index (χ0) is 18.0. The smallest absolute Gasteiger partial charge is 0.289 e. The van der Waals surface area contributed by atoms with Crippen molar-refractivity contribution in [2.75, 3.05) is 19.7 Å². The molecule has 8 heteroatoms.